The first kappa shape index (κ1) is 29.7. The molecule has 0 aliphatic carbocycles. The maximum absolute atomic E-state index is 12.3. The quantitative estimate of drug-likeness (QED) is 0.240. The smallest absolute Gasteiger partial charge is 0.313 e. The molecule has 6 heteroatoms. The van der Waals surface area contributed by atoms with Crippen LogP contribution < -0.4 is 9.47 Å². The summed E-state index contributed by atoms with van der Waals surface area (Å²) >= 11 is 0. The molecule has 1 N–H and O–H groups in total. The topological polar surface area (TPSA) is 82.1 Å². The summed E-state index contributed by atoms with van der Waals surface area (Å²) in [6.07, 6.45) is 0.453. The number of carbonyl (C=O) groups is 2. The van der Waals surface area contributed by atoms with Crippen molar-refractivity contribution < 1.29 is 28.9 Å². The van der Waals surface area contributed by atoms with Crippen LogP contribution in [0.15, 0.2) is 30.3 Å². The van der Waals surface area contributed by atoms with Crippen LogP contribution >= 0.6 is 0 Å². The molecule has 0 aromatic heterocycles. The van der Waals surface area contributed by atoms with Crippen molar-refractivity contribution >= 4 is 11.8 Å². The first-order chi connectivity index (χ1) is 17.9. The van der Waals surface area contributed by atoms with Crippen molar-refractivity contribution in [3.8, 4) is 11.5 Å². The monoisotopic (exact) mass is 524 g/mol. The average molecular weight is 525 g/mol. The number of fused-ring (bicyclic) bond motifs is 1. The van der Waals surface area contributed by atoms with E-state index in [0.717, 1.165) is 34.6 Å². The number of aliphatic hydroxyl groups is 1. The van der Waals surface area contributed by atoms with Crippen LogP contribution in [0.3, 0.4) is 0 Å². The zero-order valence-corrected chi connectivity index (χ0v) is 24.1. The van der Waals surface area contributed by atoms with Gasteiger partial charge in [-0.3, -0.25) is 9.59 Å². The largest absolute Gasteiger partial charge is 0.488 e. The van der Waals surface area contributed by atoms with Gasteiger partial charge in [0.25, 0.3) is 0 Å². The molecule has 0 saturated carbocycles. The lowest BCUT2D eigenvalue weighted by Crippen LogP contribution is -2.25. The highest BCUT2D eigenvalue weighted by molar-refractivity contribution is 5.95. The fourth-order valence-electron chi connectivity index (χ4n) is 5.36. The van der Waals surface area contributed by atoms with Crippen molar-refractivity contribution in [3.05, 3.63) is 58.1 Å². The van der Waals surface area contributed by atoms with Crippen molar-refractivity contribution in [2.45, 2.75) is 111 Å². The molecule has 38 heavy (non-hydrogen) atoms. The van der Waals surface area contributed by atoms with E-state index < -0.39 is 12.1 Å². The number of ketones is 1. The van der Waals surface area contributed by atoms with Gasteiger partial charge in [0.2, 0.25) is 0 Å². The second kappa shape index (κ2) is 12.8. The zero-order chi connectivity index (χ0) is 28.0. The van der Waals surface area contributed by atoms with Crippen LogP contribution in [0.25, 0.3) is 0 Å². The second-order valence-corrected chi connectivity index (χ2v) is 11.5. The van der Waals surface area contributed by atoms with E-state index in [-0.39, 0.29) is 42.7 Å². The number of rotatable bonds is 13. The van der Waals surface area contributed by atoms with Crippen LogP contribution in [-0.4, -0.2) is 35.2 Å². The Morgan fingerprint density at radius 3 is 2.32 bits per heavy atom. The maximum atomic E-state index is 12.3. The molecule has 1 aliphatic heterocycles. The average Bonchev–Trinajstić information content (AvgIpc) is 3.15. The Bertz CT molecular complexity index is 1120. The van der Waals surface area contributed by atoms with Gasteiger partial charge in [0, 0.05) is 35.1 Å². The summed E-state index contributed by atoms with van der Waals surface area (Å²) in [5.74, 6) is 1.36. The predicted molar refractivity (Wildman–Crippen MR) is 149 cm³/mol. The number of aliphatic hydroxyl groups excluding tert-OH is 1. The molecule has 208 valence electrons. The summed E-state index contributed by atoms with van der Waals surface area (Å²) in [5, 5.41) is 10.7. The highest BCUT2D eigenvalue weighted by Gasteiger charge is 2.38. The van der Waals surface area contributed by atoms with Gasteiger partial charge in [-0.2, -0.15) is 0 Å². The number of hydrogen-bond donors (Lipinski definition) is 1. The van der Waals surface area contributed by atoms with Gasteiger partial charge >= 0.3 is 5.97 Å². The third-order valence-electron chi connectivity index (χ3n) is 6.89. The summed E-state index contributed by atoms with van der Waals surface area (Å²) in [6, 6.07) is 10.2. The first-order valence-electron chi connectivity index (χ1n) is 13.9. The highest BCUT2D eigenvalue weighted by Crippen LogP contribution is 2.51. The molecule has 1 atom stereocenters. The van der Waals surface area contributed by atoms with Crippen LogP contribution in [0.4, 0.5) is 0 Å². The van der Waals surface area contributed by atoms with Crippen molar-refractivity contribution in [3.63, 3.8) is 0 Å². The van der Waals surface area contributed by atoms with Crippen molar-refractivity contribution in [1.29, 1.82) is 0 Å². The zero-order valence-electron chi connectivity index (χ0n) is 24.1. The van der Waals surface area contributed by atoms with Gasteiger partial charge in [0.15, 0.2) is 0 Å². The molecule has 0 radical (unpaired) electrons. The van der Waals surface area contributed by atoms with Gasteiger partial charge < -0.3 is 19.3 Å². The number of benzene rings is 2. The molecule has 0 fully saturated rings. The maximum Gasteiger partial charge on any atom is 0.313 e. The van der Waals surface area contributed by atoms with E-state index in [1.54, 1.807) is 6.92 Å². The van der Waals surface area contributed by atoms with E-state index in [1.807, 2.05) is 18.2 Å². The molecule has 0 bridgehead atoms. The number of esters is 1. The lowest BCUT2D eigenvalue weighted by molar-refractivity contribution is -0.145. The second-order valence-electron chi connectivity index (χ2n) is 11.5. The molecule has 0 saturated heterocycles. The number of Topliss-reactive ketones (excluding diaryl/α,β-unsaturated/α-hetero) is 1. The van der Waals surface area contributed by atoms with Gasteiger partial charge in [-0.25, -0.2) is 0 Å². The van der Waals surface area contributed by atoms with Gasteiger partial charge in [-0.1, -0.05) is 58.0 Å². The van der Waals surface area contributed by atoms with E-state index in [1.165, 1.54) is 11.1 Å². The molecular weight excluding hydrogens is 480 g/mol. The predicted octanol–water partition coefficient (Wildman–Crippen LogP) is 6.43. The van der Waals surface area contributed by atoms with Crippen LogP contribution in [0.1, 0.15) is 107 Å². The summed E-state index contributed by atoms with van der Waals surface area (Å²) in [5.41, 5.74) is 5.28. The fraction of sp³-hybridized carbons (Fsp3) is 0.562. The van der Waals surface area contributed by atoms with E-state index in [4.69, 9.17) is 14.2 Å². The van der Waals surface area contributed by atoms with E-state index in [2.05, 4.69) is 53.7 Å². The molecule has 0 amide bonds. The van der Waals surface area contributed by atoms with E-state index in [0.29, 0.717) is 19.4 Å². The van der Waals surface area contributed by atoms with Crippen molar-refractivity contribution in [1.82, 2.24) is 0 Å². The van der Waals surface area contributed by atoms with E-state index in [9.17, 15) is 14.7 Å². The summed E-state index contributed by atoms with van der Waals surface area (Å²) in [7, 11) is 0. The molecule has 6 nitrogen and oxygen atoms in total. The third kappa shape index (κ3) is 7.37. The molecule has 1 unspecified atom stereocenters. The summed E-state index contributed by atoms with van der Waals surface area (Å²) in [4.78, 5) is 23.9. The molecule has 2 aromatic rings. The Hall–Kier alpha value is -2.86. The Morgan fingerprint density at radius 2 is 1.71 bits per heavy atom. The standard InChI is InChI=1S/C32H44O6/c1-8-36-27(35)17-24(34)16-23(33)14-15-25-28(20(2)3)31(37-19-22-12-10-9-11-13-22)29(21(4)5)26-18-32(6,7)38-30(25)26/h9-13,20-21,23,33H,8,14-19H2,1-7H3. The van der Waals surface area contributed by atoms with Gasteiger partial charge in [0.1, 0.15) is 35.9 Å². The molecule has 2 aromatic carbocycles. The van der Waals surface area contributed by atoms with E-state index >= 15 is 0 Å². The Balaban J connectivity index is 1.96. The molecular formula is C32H44O6. The summed E-state index contributed by atoms with van der Waals surface area (Å²) < 4.78 is 18.0. The van der Waals surface area contributed by atoms with Crippen LogP contribution in [-0.2, 0) is 33.8 Å². The van der Waals surface area contributed by atoms with Gasteiger partial charge in [0.05, 0.1) is 12.7 Å². The molecule has 3 rings (SSSR count). The minimum atomic E-state index is -0.861. The van der Waals surface area contributed by atoms with Crippen molar-refractivity contribution in [2.75, 3.05) is 6.61 Å². The fourth-order valence-corrected chi connectivity index (χ4v) is 5.36. The number of ether oxygens (including phenoxy) is 3. The molecule has 0 spiro atoms. The van der Waals surface area contributed by atoms with Gasteiger partial charge in [-0.15, -0.1) is 0 Å². The lowest BCUT2D eigenvalue weighted by atomic mass is 9.82. The summed E-state index contributed by atoms with van der Waals surface area (Å²) in [6.45, 7) is 15.3. The van der Waals surface area contributed by atoms with Crippen LogP contribution in [0, 0.1) is 0 Å². The molecule has 1 heterocycles. The molecule has 1 aliphatic rings. The number of carbonyl (C=O) groups excluding carboxylic acids is 2. The Labute approximate surface area is 227 Å². The first-order valence-corrected chi connectivity index (χ1v) is 13.9. The highest BCUT2D eigenvalue weighted by atomic mass is 16.5. The minimum absolute atomic E-state index is 0.0776. The SMILES string of the molecule is CCOC(=O)CC(=O)CC(O)CCc1c2c(c(C(C)C)c(OCc3ccccc3)c1C(C)C)CC(C)(C)O2. The normalized spacial score (nSPS) is 14.8. The van der Waals surface area contributed by atoms with Crippen molar-refractivity contribution in [2.24, 2.45) is 0 Å². The third-order valence-corrected chi connectivity index (χ3v) is 6.89. The Morgan fingerprint density at radius 1 is 1.05 bits per heavy atom. The Kier molecular flexibility index (Phi) is 10.00. The lowest BCUT2D eigenvalue weighted by Gasteiger charge is -2.27. The minimum Gasteiger partial charge on any atom is -0.488 e. The van der Waals surface area contributed by atoms with Gasteiger partial charge in [-0.05, 0) is 51.0 Å². The number of hydrogen-bond acceptors (Lipinski definition) is 6. The van der Waals surface area contributed by atoms with Crippen LogP contribution in [0.2, 0.25) is 0 Å². The van der Waals surface area contributed by atoms with Crippen LogP contribution in [0.5, 0.6) is 11.5 Å².